The van der Waals surface area contributed by atoms with Crippen LogP contribution in [-0.2, 0) is 21.2 Å². The monoisotopic (exact) mass is 428 g/mol. The van der Waals surface area contributed by atoms with Crippen LogP contribution in [0.1, 0.15) is 39.5 Å². The van der Waals surface area contributed by atoms with Gasteiger partial charge in [0.25, 0.3) is 15.9 Å². The SMILES string of the molecule is Cc1cc(-n2c(C)cc(C(=O)NS(=O)(=O)c3ccc4c(c3)CCC(=O)N4)c2C)no1. The minimum absolute atomic E-state index is 0.0355. The quantitative estimate of drug-likeness (QED) is 0.658. The summed E-state index contributed by atoms with van der Waals surface area (Å²) in [7, 11) is -4.09. The second-order valence-electron chi connectivity index (χ2n) is 7.22. The van der Waals surface area contributed by atoms with Crippen LogP contribution in [0, 0.1) is 20.8 Å². The maximum atomic E-state index is 12.8. The highest BCUT2D eigenvalue weighted by molar-refractivity contribution is 7.90. The third-order valence-electron chi connectivity index (χ3n) is 5.03. The fraction of sp³-hybridized carbons (Fsp3) is 0.250. The molecule has 0 unspecified atom stereocenters. The number of nitrogens with zero attached hydrogens (tertiary/aromatic N) is 2. The van der Waals surface area contributed by atoms with Gasteiger partial charge >= 0.3 is 0 Å². The lowest BCUT2D eigenvalue weighted by atomic mass is 10.0. The fourth-order valence-corrected chi connectivity index (χ4v) is 4.58. The molecule has 2 aromatic heterocycles. The van der Waals surface area contributed by atoms with Gasteiger partial charge in [-0.1, -0.05) is 5.16 Å². The molecule has 1 aliphatic rings. The average molecular weight is 428 g/mol. The van der Waals surface area contributed by atoms with Crippen LogP contribution in [0.2, 0.25) is 0 Å². The van der Waals surface area contributed by atoms with Gasteiger partial charge < -0.3 is 9.84 Å². The molecular formula is C20H20N4O5S. The molecule has 3 heterocycles. The molecule has 1 aromatic carbocycles. The molecule has 4 rings (SSSR count). The summed E-state index contributed by atoms with van der Waals surface area (Å²) in [6.45, 7) is 5.26. The van der Waals surface area contributed by atoms with Crippen molar-refractivity contribution in [2.24, 2.45) is 0 Å². The van der Waals surface area contributed by atoms with E-state index in [4.69, 9.17) is 4.52 Å². The van der Waals surface area contributed by atoms with E-state index in [1.54, 1.807) is 37.5 Å². The van der Waals surface area contributed by atoms with Crippen molar-refractivity contribution in [3.8, 4) is 5.82 Å². The Morgan fingerprint density at radius 2 is 1.93 bits per heavy atom. The van der Waals surface area contributed by atoms with Crippen LogP contribution in [0.25, 0.3) is 5.82 Å². The molecule has 2 amide bonds. The van der Waals surface area contributed by atoms with Crippen LogP contribution in [-0.4, -0.2) is 30.0 Å². The van der Waals surface area contributed by atoms with Crippen molar-refractivity contribution in [3.05, 3.63) is 58.6 Å². The van der Waals surface area contributed by atoms with Crippen molar-refractivity contribution >= 4 is 27.5 Å². The Kier molecular flexibility index (Phi) is 4.73. The molecule has 0 aliphatic carbocycles. The van der Waals surface area contributed by atoms with Gasteiger partial charge in [0.05, 0.1) is 10.5 Å². The average Bonchev–Trinajstić information content (AvgIpc) is 3.23. The highest BCUT2D eigenvalue weighted by Gasteiger charge is 2.25. The van der Waals surface area contributed by atoms with Crippen LogP contribution < -0.4 is 10.0 Å². The van der Waals surface area contributed by atoms with E-state index < -0.39 is 15.9 Å². The van der Waals surface area contributed by atoms with Crippen molar-refractivity contribution in [1.82, 2.24) is 14.4 Å². The van der Waals surface area contributed by atoms with Crippen LogP contribution in [0.15, 0.2) is 39.8 Å². The van der Waals surface area contributed by atoms with E-state index in [0.29, 0.717) is 40.6 Å². The van der Waals surface area contributed by atoms with Crippen LogP contribution in [0.5, 0.6) is 0 Å². The summed E-state index contributed by atoms with van der Waals surface area (Å²) in [5, 5.41) is 6.66. The Morgan fingerprint density at radius 3 is 2.63 bits per heavy atom. The minimum Gasteiger partial charge on any atom is -0.360 e. The molecule has 0 spiro atoms. The summed E-state index contributed by atoms with van der Waals surface area (Å²) >= 11 is 0. The van der Waals surface area contributed by atoms with Gasteiger partial charge in [-0.3, -0.25) is 14.2 Å². The van der Waals surface area contributed by atoms with Crippen molar-refractivity contribution in [2.45, 2.75) is 38.5 Å². The lowest BCUT2D eigenvalue weighted by Crippen LogP contribution is -2.31. The summed E-state index contributed by atoms with van der Waals surface area (Å²) in [6.07, 6.45) is 0.729. The molecule has 10 heteroatoms. The molecule has 3 aromatic rings. The molecule has 0 atom stereocenters. The molecular weight excluding hydrogens is 408 g/mol. The number of hydrogen-bond acceptors (Lipinski definition) is 6. The number of rotatable bonds is 4. The zero-order valence-electron chi connectivity index (χ0n) is 16.6. The molecule has 0 fully saturated rings. The summed E-state index contributed by atoms with van der Waals surface area (Å²) < 4.78 is 34.5. The molecule has 0 bridgehead atoms. The van der Waals surface area contributed by atoms with Crippen LogP contribution >= 0.6 is 0 Å². The summed E-state index contributed by atoms with van der Waals surface area (Å²) in [5.41, 5.74) is 2.78. The molecule has 0 saturated carbocycles. The highest BCUT2D eigenvalue weighted by Crippen LogP contribution is 2.26. The predicted molar refractivity (Wildman–Crippen MR) is 108 cm³/mol. The number of amides is 2. The molecule has 9 nitrogen and oxygen atoms in total. The normalized spacial score (nSPS) is 13.6. The largest absolute Gasteiger partial charge is 0.360 e. The number of aromatic nitrogens is 2. The van der Waals surface area contributed by atoms with E-state index in [1.165, 1.54) is 18.2 Å². The Bertz CT molecular complexity index is 1290. The standard InChI is InChI=1S/C20H20N4O5S/c1-11-8-16(13(3)24(11)18-9-12(2)29-22-18)20(26)23-30(27,28)15-5-6-17-14(10-15)4-7-19(25)21-17/h5-6,8-10H,4,7H2,1-3H3,(H,21,25)(H,23,26). The van der Waals surface area contributed by atoms with E-state index in [-0.39, 0.29) is 22.8 Å². The van der Waals surface area contributed by atoms with Crippen molar-refractivity contribution in [2.75, 3.05) is 5.32 Å². The number of sulfonamides is 1. The smallest absolute Gasteiger partial charge is 0.266 e. The van der Waals surface area contributed by atoms with Gasteiger partial charge in [0, 0.05) is 29.6 Å². The Labute approximate surface area is 173 Å². The van der Waals surface area contributed by atoms with E-state index >= 15 is 0 Å². The topological polar surface area (TPSA) is 123 Å². The van der Waals surface area contributed by atoms with Gasteiger partial charge in [-0.25, -0.2) is 13.1 Å². The lowest BCUT2D eigenvalue weighted by molar-refractivity contribution is -0.116. The molecule has 156 valence electrons. The Hall–Kier alpha value is -3.40. The zero-order chi connectivity index (χ0) is 21.6. The first-order chi connectivity index (χ1) is 14.2. The third kappa shape index (κ3) is 3.50. The van der Waals surface area contributed by atoms with Crippen molar-refractivity contribution < 1.29 is 22.5 Å². The molecule has 0 radical (unpaired) electrons. The van der Waals surface area contributed by atoms with Crippen LogP contribution in [0.3, 0.4) is 0 Å². The van der Waals surface area contributed by atoms with E-state index in [9.17, 15) is 18.0 Å². The zero-order valence-corrected chi connectivity index (χ0v) is 17.5. The highest BCUT2D eigenvalue weighted by atomic mass is 32.2. The summed E-state index contributed by atoms with van der Waals surface area (Å²) in [4.78, 5) is 24.2. The second kappa shape index (κ2) is 7.13. The molecule has 1 aliphatic heterocycles. The van der Waals surface area contributed by atoms with Gasteiger partial charge in [0.1, 0.15) is 5.76 Å². The first kappa shape index (κ1) is 19.9. The number of nitrogens with one attached hydrogen (secondary N) is 2. The second-order valence-corrected chi connectivity index (χ2v) is 8.90. The number of carbonyl (C=O) groups is 2. The van der Waals surface area contributed by atoms with Gasteiger partial charge in [-0.05, 0) is 57.0 Å². The first-order valence-electron chi connectivity index (χ1n) is 9.28. The van der Waals surface area contributed by atoms with E-state index in [0.717, 1.165) is 0 Å². The number of anilines is 1. The Morgan fingerprint density at radius 1 is 1.17 bits per heavy atom. The molecule has 2 N–H and O–H groups in total. The number of fused-ring (bicyclic) bond motifs is 1. The maximum absolute atomic E-state index is 12.8. The first-order valence-corrected chi connectivity index (χ1v) is 10.8. The molecule has 30 heavy (non-hydrogen) atoms. The number of aryl methyl sites for hydroxylation is 3. The number of benzene rings is 1. The summed E-state index contributed by atoms with van der Waals surface area (Å²) in [5.74, 6) is 0.292. The number of carbonyl (C=O) groups excluding carboxylic acids is 2. The lowest BCUT2D eigenvalue weighted by Gasteiger charge is -2.17. The van der Waals surface area contributed by atoms with Gasteiger partial charge in [-0.15, -0.1) is 0 Å². The van der Waals surface area contributed by atoms with Crippen molar-refractivity contribution in [1.29, 1.82) is 0 Å². The van der Waals surface area contributed by atoms with E-state index in [1.807, 2.05) is 0 Å². The molecule has 0 saturated heterocycles. The van der Waals surface area contributed by atoms with Gasteiger partial charge in [0.15, 0.2) is 5.82 Å². The third-order valence-corrected chi connectivity index (χ3v) is 6.36. The van der Waals surface area contributed by atoms with Crippen LogP contribution in [0.4, 0.5) is 5.69 Å². The Balaban J connectivity index is 1.62. The predicted octanol–water partition coefficient (Wildman–Crippen LogP) is 2.39. The van der Waals surface area contributed by atoms with Gasteiger partial charge in [0.2, 0.25) is 5.91 Å². The fourth-order valence-electron chi connectivity index (χ4n) is 3.57. The summed E-state index contributed by atoms with van der Waals surface area (Å²) in [6, 6.07) is 7.70. The van der Waals surface area contributed by atoms with E-state index in [2.05, 4.69) is 15.2 Å². The van der Waals surface area contributed by atoms with Gasteiger partial charge in [-0.2, -0.15) is 0 Å². The number of hydrogen-bond donors (Lipinski definition) is 2. The minimum atomic E-state index is -4.09. The van der Waals surface area contributed by atoms with Crippen molar-refractivity contribution in [3.63, 3.8) is 0 Å². The maximum Gasteiger partial charge on any atom is 0.266 e.